The Morgan fingerprint density at radius 1 is 1.47 bits per heavy atom. The number of sulfonamides is 1. The quantitative estimate of drug-likeness (QED) is 0.802. The summed E-state index contributed by atoms with van der Waals surface area (Å²) in [6.07, 6.45) is 1.49. The molecule has 0 amide bonds. The topological polar surface area (TPSA) is 103 Å². The molecule has 102 valence electrons. The largest absolute Gasteiger partial charge is 0.398 e. The number of aromatic nitrogens is 3. The molecule has 19 heavy (non-hydrogen) atoms. The monoisotopic (exact) mass is 301 g/mol. The molecular formula is C10H12ClN5O2S. The van der Waals surface area contributed by atoms with Gasteiger partial charge in [0.25, 0.3) is 0 Å². The van der Waals surface area contributed by atoms with E-state index < -0.39 is 10.0 Å². The van der Waals surface area contributed by atoms with Crippen molar-refractivity contribution in [2.45, 2.75) is 11.4 Å². The van der Waals surface area contributed by atoms with Crippen molar-refractivity contribution in [3.8, 4) is 0 Å². The summed E-state index contributed by atoms with van der Waals surface area (Å²) in [4.78, 5) is -0.0148. The van der Waals surface area contributed by atoms with Crippen LogP contribution in [0.3, 0.4) is 0 Å². The molecule has 0 radical (unpaired) electrons. The van der Waals surface area contributed by atoms with Gasteiger partial charge in [0.2, 0.25) is 10.0 Å². The maximum Gasteiger partial charge on any atom is 0.243 e. The highest BCUT2D eigenvalue weighted by atomic mass is 35.5. The molecule has 0 saturated carbocycles. The number of nitrogens with zero attached hydrogens (tertiary/aromatic N) is 3. The first-order chi connectivity index (χ1) is 8.90. The lowest BCUT2D eigenvalue weighted by Gasteiger charge is -2.08. The minimum Gasteiger partial charge on any atom is -0.398 e. The summed E-state index contributed by atoms with van der Waals surface area (Å²) < 4.78 is 28.2. The molecule has 0 saturated heterocycles. The highest BCUT2D eigenvalue weighted by Gasteiger charge is 2.18. The van der Waals surface area contributed by atoms with Gasteiger partial charge in [0, 0.05) is 12.1 Å². The fraction of sp³-hybridized carbons (Fsp3) is 0.200. The Morgan fingerprint density at radius 3 is 2.79 bits per heavy atom. The van der Waals surface area contributed by atoms with Crippen LogP contribution in [0.4, 0.5) is 5.69 Å². The van der Waals surface area contributed by atoms with Gasteiger partial charge in [-0.1, -0.05) is 11.6 Å². The van der Waals surface area contributed by atoms with Crippen LogP contribution >= 0.6 is 11.6 Å². The van der Waals surface area contributed by atoms with Gasteiger partial charge >= 0.3 is 0 Å². The first kappa shape index (κ1) is 13.8. The van der Waals surface area contributed by atoms with Crippen LogP contribution in [0, 0.1) is 0 Å². The number of hydrogen-bond donors (Lipinski definition) is 2. The number of nitrogen functional groups attached to an aromatic ring is 1. The zero-order valence-corrected chi connectivity index (χ0v) is 11.6. The number of hydrogen-bond acceptors (Lipinski definition) is 5. The van der Waals surface area contributed by atoms with Crippen molar-refractivity contribution in [3.05, 3.63) is 35.4 Å². The van der Waals surface area contributed by atoms with Gasteiger partial charge in [0.1, 0.15) is 17.0 Å². The summed E-state index contributed by atoms with van der Waals surface area (Å²) in [5.41, 5.74) is 5.74. The summed E-state index contributed by atoms with van der Waals surface area (Å²) in [7, 11) is -1.99. The molecule has 7 nitrogen and oxygen atoms in total. The second-order valence-electron chi connectivity index (χ2n) is 3.86. The second-order valence-corrected chi connectivity index (χ2v) is 6.04. The van der Waals surface area contributed by atoms with Crippen molar-refractivity contribution in [2.24, 2.45) is 7.05 Å². The van der Waals surface area contributed by atoms with Gasteiger partial charge in [-0.25, -0.2) is 13.1 Å². The van der Waals surface area contributed by atoms with Crippen LogP contribution in [-0.4, -0.2) is 23.2 Å². The molecule has 2 rings (SSSR count). The van der Waals surface area contributed by atoms with Gasteiger partial charge < -0.3 is 10.3 Å². The summed E-state index contributed by atoms with van der Waals surface area (Å²) in [5.74, 6) is 0.496. The van der Waals surface area contributed by atoms with E-state index in [-0.39, 0.29) is 17.1 Å². The van der Waals surface area contributed by atoms with Crippen molar-refractivity contribution in [1.82, 2.24) is 19.5 Å². The Hall–Kier alpha value is -1.64. The molecule has 0 bridgehead atoms. The molecule has 1 aromatic carbocycles. The number of nitrogens with one attached hydrogen (secondary N) is 1. The van der Waals surface area contributed by atoms with Crippen molar-refractivity contribution >= 4 is 27.3 Å². The molecule has 0 atom stereocenters. The maximum absolute atomic E-state index is 12.1. The van der Waals surface area contributed by atoms with Gasteiger partial charge in [0.05, 0.1) is 12.2 Å². The van der Waals surface area contributed by atoms with Gasteiger partial charge in [-0.15, -0.1) is 10.2 Å². The highest BCUT2D eigenvalue weighted by Crippen LogP contribution is 2.22. The zero-order valence-electron chi connectivity index (χ0n) is 10.0. The molecule has 3 N–H and O–H groups in total. The average Bonchev–Trinajstić information content (AvgIpc) is 2.72. The first-order valence-electron chi connectivity index (χ1n) is 5.28. The van der Waals surface area contributed by atoms with Gasteiger partial charge in [0.15, 0.2) is 0 Å². The van der Waals surface area contributed by atoms with E-state index >= 15 is 0 Å². The number of benzene rings is 1. The number of halogens is 1. The molecule has 2 aromatic rings. The Balaban J connectivity index is 2.21. The summed E-state index contributed by atoms with van der Waals surface area (Å²) in [5, 5.41) is 7.82. The van der Waals surface area contributed by atoms with Crippen molar-refractivity contribution in [1.29, 1.82) is 0 Å². The van der Waals surface area contributed by atoms with E-state index in [0.29, 0.717) is 10.8 Å². The summed E-state index contributed by atoms with van der Waals surface area (Å²) in [6, 6.07) is 4.21. The molecule has 0 fully saturated rings. The lowest BCUT2D eigenvalue weighted by molar-refractivity contribution is 0.578. The molecule has 0 aliphatic rings. The lowest BCUT2D eigenvalue weighted by atomic mass is 10.3. The third-order valence-electron chi connectivity index (χ3n) is 2.49. The number of nitrogens with two attached hydrogens (primary N) is 1. The standard InChI is InChI=1S/C10H12ClN5O2S/c1-16-6-13-15-10(16)5-14-19(17,18)9-3-2-7(11)4-8(9)12/h2-4,6,14H,5,12H2,1H3. The van der Waals surface area contributed by atoms with E-state index in [2.05, 4.69) is 14.9 Å². The van der Waals surface area contributed by atoms with E-state index in [4.69, 9.17) is 17.3 Å². The third-order valence-corrected chi connectivity index (χ3v) is 4.20. The first-order valence-corrected chi connectivity index (χ1v) is 7.14. The second kappa shape index (κ2) is 5.16. The predicted molar refractivity (Wildman–Crippen MR) is 70.9 cm³/mol. The zero-order chi connectivity index (χ0) is 14.0. The Kier molecular flexibility index (Phi) is 3.74. The molecule has 9 heteroatoms. The number of rotatable bonds is 4. The minimum atomic E-state index is -3.72. The minimum absolute atomic E-state index is 0.0148. The summed E-state index contributed by atoms with van der Waals surface area (Å²) >= 11 is 5.73. The highest BCUT2D eigenvalue weighted by molar-refractivity contribution is 7.89. The van der Waals surface area contributed by atoms with Crippen LogP contribution in [0.1, 0.15) is 5.82 Å². The van der Waals surface area contributed by atoms with Crippen molar-refractivity contribution < 1.29 is 8.42 Å². The molecular weight excluding hydrogens is 290 g/mol. The normalized spacial score (nSPS) is 11.7. The Bertz CT molecular complexity index is 698. The summed E-state index contributed by atoms with van der Waals surface area (Å²) in [6.45, 7) is 0.0287. The van der Waals surface area contributed by atoms with Crippen LogP contribution in [0.2, 0.25) is 5.02 Å². The van der Waals surface area contributed by atoms with Crippen LogP contribution < -0.4 is 10.5 Å². The fourth-order valence-electron chi connectivity index (χ4n) is 1.47. The Morgan fingerprint density at radius 2 is 2.21 bits per heavy atom. The van der Waals surface area contributed by atoms with E-state index in [1.165, 1.54) is 24.5 Å². The number of anilines is 1. The average molecular weight is 302 g/mol. The third kappa shape index (κ3) is 3.03. The van der Waals surface area contributed by atoms with Gasteiger partial charge in [-0.3, -0.25) is 0 Å². The number of aryl methyl sites for hydroxylation is 1. The predicted octanol–water partition coefficient (Wildman–Crippen LogP) is 0.529. The van der Waals surface area contributed by atoms with Gasteiger partial charge in [-0.05, 0) is 18.2 Å². The smallest absolute Gasteiger partial charge is 0.243 e. The van der Waals surface area contributed by atoms with Crippen LogP contribution in [0.15, 0.2) is 29.4 Å². The molecule has 1 aromatic heterocycles. The van der Waals surface area contributed by atoms with Crippen molar-refractivity contribution in [2.75, 3.05) is 5.73 Å². The van der Waals surface area contributed by atoms with E-state index in [1.54, 1.807) is 11.6 Å². The maximum atomic E-state index is 12.1. The molecule has 0 aliphatic heterocycles. The molecule has 0 spiro atoms. The van der Waals surface area contributed by atoms with Crippen molar-refractivity contribution in [3.63, 3.8) is 0 Å². The molecule has 0 unspecified atom stereocenters. The van der Waals surface area contributed by atoms with E-state index in [9.17, 15) is 8.42 Å². The fourth-order valence-corrected chi connectivity index (χ4v) is 2.74. The van der Waals surface area contributed by atoms with Crippen LogP contribution in [0.5, 0.6) is 0 Å². The van der Waals surface area contributed by atoms with E-state index in [0.717, 1.165) is 0 Å². The SMILES string of the molecule is Cn1cnnc1CNS(=O)(=O)c1ccc(Cl)cc1N. The van der Waals surface area contributed by atoms with E-state index in [1.807, 2.05) is 0 Å². The van der Waals surface area contributed by atoms with Gasteiger partial charge in [-0.2, -0.15) is 0 Å². The Labute approximate surface area is 115 Å². The molecule has 0 aliphatic carbocycles. The van der Waals surface area contributed by atoms with Crippen LogP contribution in [0.25, 0.3) is 0 Å². The van der Waals surface area contributed by atoms with Crippen LogP contribution in [-0.2, 0) is 23.6 Å². The molecule has 1 heterocycles. The lowest BCUT2D eigenvalue weighted by Crippen LogP contribution is -2.25.